The van der Waals surface area contributed by atoms with Gasteiger partial charge in [0.15, 0.2) is 0 Å². The lowest BCUT2D eigenvalue weighted by atomic mass is 9.91. The van der Waals surface area contributed by atoms with Gasteiger partial charge in [-0.3, -0.25) is 4.79 Å². The molecule has 1 aromatic heterocycles. The number of benzene rings is 1. The maximum Gasteiger partial charge on any atom is 0.246 e. The summed E-state index contributed by atoms with van der Waals surface area (Å²) in [5.74, 6) is -0.0306. The van der Waals surface area contributed by atoms with Gasteiger partial charge in [0, 0.05) is 29.7 Å². The molecule has 4 heteroatoms. The summed E-state index contributed by atoms with van der Waals surface area (Å²) < 4.78 is 4.87. The van der Waals surface area contributed by atoms with Crippen LogP contribution in [0.3, 0.4) is 0 Å². The fraction of sp³-hybridized carbons (Fsp3) is 0.438. The van der Waals surface area contributed by atoms with Gasteiger partial charge in [0.25, 0.3) is 0 Å². The van der Waals surface area contributed by atoms with Gasteiger partial charge in [-0.1, -0.05) is 18.2 Å². The number of carbonyl (C=O) groups excluding carboxylic acids is 1. The number of hydrogen-bond acceptors (Lipinski definition) is 2. The van der Waals surface area contributed by atoms with Crippen LogP contribution in [0.2, 0.25) is 0 Å². The SMILES string of the molecule is COCC(=O)NC1CCc2[nH]c3c(C)cccc3c2C1. The number of hydrogen-bond donors (Lipinski definition) is 2. The van der Waals surface area contributed by atoms with Crippen molar-refractivity contribution in [1.29, 1.82) is 0 Å². The number of amides is 1. The van der Waals surface area contributed by atoms with E-state index in [9.17, 15) is 4.79 Å². The summed E-state index contributed by atoms with van der Waals surface area (Å²) in [4.78, 5) is 15.2. The Morgan fingerprint density at radius 1 is 1.50 bits per heavy atom. The zero-order valence-electron chi connectivity index (χ0n) is 12.0. The number of aromatic nitrogens is 1. The molecule has 0 radical (unpaired) electrons. The number of nitrogens with one attached hydrogen (secondary N) is 2. The number of para-hydroxylation sites is 1. The molecule has 1 atom stereocenters. The van der Waals surface area contributed by atoms with Crippen LogP contribution in [0.4, 0.5) is 0 Å². The highest BCUT2D eigenvalue weighted by Gasteiger charge is 2.23. The molecular formula is C16H20N2O2. The summed E-state index contributed by atoms with van der Waals surface area (Å²) in [6.45, 7) is 2.26. The molecule has 0 fully saturated rings. The minimum Gasteiger partial charge on any atom is -0.375 e. The van der Waals surface area contributed by atoms with E-state index in [4.69, 9.17) is 4.74 Å². The van der Waals surface area contributed by atoms with E-state index < -0.39 is 0 Å². The Labute approximate surface area is 118 Å². The fourth-order valence-corrected chi connectivity index (χ4v) is 3.11. The molecule has 4 nitrogen and oxygen atoms in total. The average molecular weight is 272 g/mol. The van der Waals surface area contributed by atoms with Crippen LogP contribution < -0.4 is 5.32 Å². The Morgan fingerprint density at radius 2 is 2.35 bits per heavy atom. The first-order valence-electron chi connectivity index (χ1n) is 7.06. The first-order valence-corrected chi connectivity index (χ1v) is 7.06. The number of methoxy groups -OCH3 is 1. The van der Waals surface area contributed by atoms with Crippen LogP contribution in [0, 0.1) is 6.92 Å². The molecule has 1 aliphatic rings. The van der Waals surface area contributed by atoms with E-state index in [1.807, 2.05) is 0 Å². The Hall–Kier alpha value is -1.81. The third kappa shape index (κ3) is 2.31. The van der Waals surface area contributed by atoms with Crippen LogP contribution in [0.25, 0.3) is 10.9 Å². The quantitative estimate of drug-likeness (QED) is 0.899. The average Bonchev–Trinajstić information content (AvgIpc) is 2.79. The largest absolute Gasteiger partial charge is 0.375 e. The molecule has 106 valence electrons. The van der Waals surface area contributed by atoms with Gasteiger partial charge in [0.05, 0.1) is 0 Å². The van der Waals surface area contributed by atoms with Crippen molar-refractivity contribution in [2.45, 2.75) is 32.2 Å². The molecule has 3 rings (SSSR count). The van der Waals surface area contributed by atoms with Crippen molar-refractivity contribution < 1.29 is 9.53 Å². The predicted octanol–water partition coefficient (Wildman–Crippen LogP) is 2.10. The van der Waals surface area contributed by atoms with Crippen molar-refractivity contribution in [2.75, 3.05) is 13.7 Å². The molecule has 0 spiro atoms. The van der Waals surface area contributed by atoms with E-state index in [0.717, 1.165) is 19.3 Å². The molecule has 0 bridgehead atoms. The Kier molecular flexibility index (Phi) is 3.49. The smallest absolute Gasteiger partial charge is 0.246 e. The minimum atomic E-state index is -0.0306. The summed E-state index contributed by atoms with van der Waals surface area (Å²) in [5.41, 5.74) is 5.20. The molecular weight excluding hydrogens is 252 g/mol. The van der Waals surface area contributed by atoms with Crippen LogP contribution in [-0.2, 0) is 22.4 Å². The lowest BCUT2D eigenvalue weighted by molar-refractivity contribution is -0.125. The van der Waals surface area contributed by atoms with Crippen molar-refractivity contribution in [3.8, 4) is 0 Å². The predicted molar refractivity (Wildman–Crippen MR) is 78.9 cm³/mol. The van der Waals surface area contributed by atoms with E-state index in [2.05, 4.69) is 35.4 Å². The third-order valence-electron chi connectivity index (χ3n) is 4.07. The van der Waals surface area contributed by atoms with Crippen molar-refractivity contribution in [1.82, 2.24) is 10.3 Å². The summed E-state index contributed by atoms with van der Waals surface area (Å²) in [5, 5.41) is 4.35. The molecule has 0 saturated carbocycles. The molecule has 0 aliphatic heterocycles. The second-order valence-corrected chi connectivity index (χ2v) is 5.52. The van der Waals surface area contributed by atoms with Crippen molar-refractivity contribution >= 4 is 16.8 Å². The summed E-state index contributed by atoms with van der Waals surface area (Å²) in [7, 11) is 1.54. The lowest BCUT2D eigenvalue weighted by Crippen LogP contribution is -2.40. The molecule has 1 amide bonds. The maximum atomic E-state index is 11.6. The molecule has 2 N–H and O–H groups in total. The fourth-order valence-electron chi connectivity index (χ4n) is 3.11. The maximum absolute atomic E-state index is 11.6. The first-order chi connectivity index (χ1) is 9.69. The second kappa shape index (κ2) is 5.29. The normalized spacial score (nSPS) is 18.0. The molecule has 1 heterocycles. The van der Waals surface area contributed by atoms with Gasteiger partial charge < -0.3 is 15.0 Å². The van der Waals surface area contributed by atoms with Crippen LogP contribution in [-0.4, -0.2) is 30.6 Å². The van der Waals surface area contributed by atoms with Gasteiger partial charge >= 0.3 is 0 Å². The molecule has 1 aromatic carbocycles. The number of carbonyl (C=O) groups is 1. The van der Waals surface area contributed by atoms with E-state index in [0.29, 0.717) is 0 Å². The Morgan fingerprint density at radius 3 is 3.15 bits per heavy atom. The van der Waals surface area contributed by atoms with Crippen LogP contribution in [0.5, 0.6) is 0 Å². The number of ether oxygens (including phenoxy) is 1. The van der Waals surface area contributed by atoms with Gasteiger partial charge in [0.1, 0.15) is 6.61 Å². The van der Waals surface area contributed by atoms with Crippen LogP contribution in [0.15, 0.2) is 18.2 Å². The molecule has 1 aliphatic carbocycles. The number of fused-ring (bicyclic) bond motifs is 3. The lowest BCUT2D eigenvalue weighted by Gasteiger charge is -2.23. The van der Waals surface area contributed by atoms with Crippen LogP contribution >= 0.6 is 0 Å². The summed E-state index contributed by atoms with van der Waals surface area (Å²) in [6, 6.07) is 6.60. The van der Waals surface area contributed by atoms with Gasteiger partial charge in [-0.25, -0.2) is 0 Å². The van der Waals surface area contributed by atoms with Gasteiger partial charge in [-0.2, -0.15) is 0 Å². The number of H-pyrrole nitrogens is 1. The van der Waals surface area contributed by atoms with Crippen molar-refractivity contribution in [3.63, 3.8) is 0 Å². The highest BCUT2D eigenvalue weighted by Crippen LogP contribution is 2.30. The summed E-state index contributed by atoms with van der Waals surface area (Å²) in [6.07, 6.45) is 2.87. The third-order valence-corrected chi connectivity index (χ3v) is 4.07. The molecule has 1 unspecified atom stereocenters. The second-order valence-electron chi connectivity index (χ2n) is 5.52. The topological polar surface area (TPSA) is 54.1 Å². The van der Waals surface area contributed by atoms with E-state index in [1.54, 1.807) is 7.11 Å². The van der Waals surface area contributed by atoms with Gasteiger partial charge in [-0.15, -0.1) is 0 Å². The molecule has 20 heavy (non-hydrogen) atoms. The van der Waals surface area contributed by atoms with Crippen LogP contribution in [0.1, 0.15) is 23.2 Å². The zero-order valence-corrected chi connectivity index (χ0v) is 12.0. The van der Waals surface area contributed by atoms with E-state index in [-0.39, 0.29) is 18.6 Å². The zero-order chi connectivity index (χ0) is 14.1. The van der Waals surface area contributed by atoms with E-state index >= 15 is 0 Å². The number of rotatable bonds is 3. The minimum absolute atomic E-state index is 0.0306. The highest BCUT2D eigenvalue weighted by molar-refractivity contribution is 5.87. The Bertz CT molecular complexity index is 645. The van der Waals surface area contributed by atoms with Crippen molar-refractivity contribution in [3.05, 3.63) is 35.0 Å². The molecule has 0 saturated heterocycles. The van der Waals surface area contributed by atoms with E-state index in [1.165, 1.54) is 27.7 Å². The van der Waals surface area contributed by atoms with Crippen molar-refractivity contribution in [2.24, 2.45) is 0 Å². The monoisotopic (exact) mass is 272 g/mol. The molecule has 2 aromatic rings. The Balaban J connectivity index is 1.85. The number of aromatic amines is 1. The summed E-state index contributed by atoms with van der Waals surface area (Å²) >= 11 is 0. The number of aryl methyl sites for hydroxylation is 2. The standard InChI is InChI=1S/C16H20N2O2/c1-10-4-3-5-12-13-8-11(17-15(19)9-20-2)6-7-14(13)18-16(10)12/h3-5,11,18H,6-9H2,1-2H3,(H,17,19). The van der Waals surface area contributed by atoms with Gasteiger partial charge in [0.2, 0.25) is 5.91 Å². The highest BCUT2D eigenvalue weighted by atomic mass is 16.5. The van der Waals surface area contributed by atoms with Gasteiger partial charge in [-0.05, 0) is 37.3 Å². The first kappa shape index (κ1) is 13.2.